The van der Waals surface area contributed by atoms with Gasteiger partial charge in [-0.2, -0.15) is 8.42 Å². The fourth-order valence-corrected chi connectivity index (χ4v) is 3.60. The smallest absolute Gasteiger partial charge is 0.306 e. The Morgan fingerprint density at radius 2 is 2.00 bits per heavy atom. The molecule has 0 aliphatic heterocycles. The molecule has 0 radical (unpaired) electrons. The van der Waals surface area contributed by atoms with Crippen LogP contribution in [0, 0.1) is 5.92 Å². The standard InChI is InChI=1S/C18H27NO4S/c1-4-14(2)19(18(20)16-9-5-6-10-16)13-15-8-7-11-17(12-15)23-24(3,21)22/h7-8,11-12,14,16H,4-6,9-10,13H2,1-3H3/t14-/m1/s1. The molecule has 0 heterocycles. The molecule has 1 aliphatic carbocycles. The molecule has 1 aromatic rings. The van der Waals surface area contributed by atoms with E-state index < -0.39 is 10.1 Å². The summed E-state index contributed by atoms with van der Waals surface area (Å²) in [6, 6.07) is 7.10. The second-order valence-corrected chi connectivity index (χ2v) is 8.21. The highest BCUT2D eigenvalue weighted by molar-refractivity contribution is 7.86. The van der Waals surface area contributed by atoms with E-state index in [1.54, 1.807) is 18.2 Å². The van der Waals surface area contributed by atoms with Crippen LogP contribution in [0.3, 0.4) is 0 Å². The van der Waals surface area contributed by atoms with Gasteiger partial charge in [0.2, 0.25) is 5.91 Å². The minimum atomic E-state index is -3.55. The number of hydrogen-bond donors (Lipinski definition) is 0. The maximum atomic E-state index is 12.9. The van der Waals surface area contributed by atoms with Gasteiger partial charge in [-0.25, -0.2) is 0 Å². The summed E-state index contributed by atoms with van der Waals surface area (Å²) in [6.45, 7) is 4.61. The van der Waals surface area contributed by atoms with E-state index in [0.29, 0.717) is 6.54 Å². The summed E-state index contributed by atoms with van der Waals surface area (Å²) in [5.41, 5.74) is 0.878. The second kappa shape index (κ2) is 8.01. The van der Waals surface area contributed by atoms with Crippen LogP contribution in [0.2, 0.25) is 0 Å². The fourth-order valence-electron chi connectivity index (χ4n) is 3.15. The van der Waals surface area contributed by atoms with Crippen molar-refractivity contribution in [2.45, 2.75) is 58.5 Å². The first-order valence-corrected chi connectivity index (χ1v) is 10.4. The summed E-state index contributed by atoms with van der Waals surface area (Å²) in [7, 11) is -3.55. The van der Waals surface area contributed by atoms with Crippen molar-refractivity contribution in [1.82, 2.24) is 4.90 Å². The van der Waals surface area contributed by atoms with Crippen LogP contribution >= 0.6 is 0 Å². The van der Waals surface area contributed by atoms with E-state index in [2.05, 4.69) is 13.8 Å². The topological polar surface area (TPSA) is 63.7 Å². The lowest BCUT2D eigenvalue weighted by Crippen LogP contribution is -2.40. The highest BCUT2D eigenvalue weighted by Crippen LogP contribution is 2.28. The van der Waals surface area contributed by atoms with Crippen LogP contribution in [0.5, 0.6) is 5.75 Å². The van der Waals surface area contributed by atoms with Crippen molar-refractivity contribution >= 4 is 16.0 Å². The highest BCUT2D eigenvalue weighted by Gasteiger charge is 2.29. The van der Waals surface area contributed by atoms with Crippen molar-refractivity contribution in [1.29, 1.82) is 0 Å². The third kappa shape index (κ3) is 5.23. The molecule has 1 fully saturated rings. The van der Waals surface area contributed by atoms with Gasteiger partial charge >= 0.3 is 10.1 Å². The maximum Gasteiger partial charge on any atom is 0.306 e. The number of amides is 1. The van der Waals surface area contributed by atoms with Gasteiger partial charge in [-0.15, -0.1) is 0 Å². The lowest BCUT2D eigenvalue weighted by molar-refractivity contribution is -0.138. The van der Waals surface area contributed by atoms with E-state index in [-0.39, 0.29) is 23.6 Å². The number of nitrogens with zero attached hydrogens (tertiary/aromatic N) is 1. The Morgan fingerprint density at radius 3 is 2.58 bits per heavy atom. The minimum absolute atomic E-state index is 0.134. The largest absolute Gasteiger partial charge is 0.383 e. The second-order valence-electron chi connectivity index (χ2n) is 6.64. The molecule has 0 N–H and O–H groups in total. The molecule has 1 aromatic carbocycles. The molecule has 2 rings (SSSR count). The lowest BCUT2D eigenvalue weighted by Gasteiger charge is -2.31. The van der Waals surface area contributed by atoms with E-state index in [9.17, 15) is 13.2 Å². The molecule has 0 spiro atoms. The molecule has 1 atom stereocenters. The van der Waals surface area contributed by atoms with Crippen molar-refractivity contribution in [3.63, 3.8) is 0 Å². The zero-order chi connectivity index (χ0) is 17.7. The van der Waals surface area contributed by atoms with Crippen molar-refractivity contribution in [2.75, 3.05) is 6.26 Å². The Morgan fingerprint density at radius 1 is 1.33 bits per heavy atom. The van der Waals surface area contributed by atoms with E-state index in [0.717, 1.165) is 43.9 Å². The molecular weight excluding hydrogens is 326 g/mol. The minimum Gasteiger partial charge on any atom is -0.383 e. The van der Waals surface area contributed by atoms with Crippen LogP contribution in [0.25, 0.3) is 0 Å². The molecule has 5 nitrogen and oxygen atoms in total. The average Bonchev–Trinajstić information content (AvgIpc) is 3.04. The van der Waals surface area contributed by atoms with Gasteiger partial charge in [-0.3, -0.25) is 4.79 Å². The zero-order valence-electron chi connectivity index (χ0n) is 14.7. The SMILES string of the molecule is CC[C@@H](C)N(Cc1cccc(OS(C)(=O)=O)c1)C(=O)C1CCCC1. The van der Waals surface area contributed by atoms with E-state index >= 15 is 0 Å². The van der Waals surface area contributed by atoms with Crippen LogP contribution < -0.4 is 4.18 Å². The van der Waals surface area contributed by atoms with Gasteiger partial charge < -0.3 is 9.08 Å². The summed E-state index contributed by atoms with van der Waals surface area (Å²) in [5.74, 6) is 0.637. The Kier molecular flexibility index (Phi) is 6.27. The van der Waals surface area contributed by atoms with Crippen molar-refractivity contribution in [2.24, 2.45) is 5.92 Å². The van der Waals surface area contributed by atoms with Crippen LogP contribution in [-0.4, -0.2) is 31.5 Å². The first kappa shape index (κ1) is 18.8. The van der Waals surface area contributed by atoms with E-state index in [1.165, 1.54) is 0 Å². The average molecular weight is 353 g/mol. The van der Waals surface area contributed by atoms with Crippen LogP contribution in [-0.2, 0) is 21.5 Å². The maximum absolute atomic E-state index is 12.9. The molecule has 6 heteroatoms. The molecule has 1 aliphatic rings. The van der Waals surface area contributed by atoms with Crippen LogP contribution in [0.15, 0.2) is 24.3 Å². The van der Waals surface area contributed by atoms with Gasteiger partial charge in [0.05, 0.1) is 6.26 Å². The predicted molar refractivity (Wildman–Crippen MR) is 94.2 cm³/mol. The van der Waals surface area contributed by atoms with Gasteiger partial charge in [0, 0.05) is 18.5 Å². The Hall–Kier alpha value is -1.56. The van der Waals surface area contributed by atoms with Gasteiger partial charge in [0.1, 0.15) is 5.75 Å². The number of hydrogen-bond acceptors (Lipinski definition) is 4. The molecule has 0 unspecified atom stereocenters. The van der Waals surface area contributed by atoms with E-state index in [1.807, 2.05) is 11.0 Å². The summed E-state index contributed by atoms with van der Waals surface area (Å²) < 4.78 is 27.5. The van der Waals surface area contributed by atoms with Crippen molar-refractivity contribution < 1.29 is 17.4 Å². The first-order chi connectivity index (χ1) is 11.3. The van der Waals surface area contributed by atoms with Crippen molar-refractivity contribution in [3.05, 3.63) is 29.8 Å². The molecular formula is C18H27NO4S. The number of carbonyl (C=O) groups excluding carboxylic acids is 1. The highest BCUT2D eigenvalue weighted by atomic mass is 32.2. The monoisotopic (exact) mass is 353 g/mol. The molecule has 1 saturated carbocycles. The van der Waals surface area contributed by atoms with Crippen LogP contribution in [0.1, 0.15) is 51.5 Å². The van der Waals surface area contributed by atoms with E-state index in [4.69, 9.17) is 4.18 Å². The molecule has 24 heavy (non-hydrogen) atoms. The van der Waals surface area contributed by atoms with Gasteiger partial charge in [-0.1, -0.05) is 31.9 Å². The Bertz CT molecular complexity index is 665. The molecule has 134 valence electrons. The van der Waals surface area contributed by atoms with Gasteiger partial charge in [0.15, 0.2) is 0 Å². The normalized spacial score (nSPS) is 16.8. The summed E-state index contributed by atoms with van der Waals surface area (Å²) in [5, 5.41) is 0. The third-order valence-corrected chi connectivity index (χ3v) is 5.10. The first-order valence-electron chi connectivity index (χ1n) is 8.59. The summed E-state index contributed by atoms with van der Waals surface area (Å²) >= 11 is 0. The van der Waals surface area contributed by atoms with Gasteiger partial charge in [-0.05, 0) is 43.9 Å². The fraction of sp³-hybridized carbons (Fsp3) is 0.611. The molecule has 0 aromatic heterocycles. The number of benzene rings is 1. The Balaban J connectivity index is 2.17. The number of carbonyl (C=O) groups is 1. The van der Waals surface area contributed by atoms with Gasteiger partial charge in [0.25, 0.3) is 0 Å². The Labute approximate surface area is 145 Å². The third-order valence-electron chi connectivity index (χ3n) is 4.61. The molecule has 1 amide bonds. The summed E-state index contributed by atoms with van der Waals surface area (Å²) in [6.07, 6.45) is 6.11. The lowest BCUT2D eigenvalue weighted by atomic mass is 10.0. The predicted octanol–water partition coefficient (Wildman–Crippen LogP) is 3.34. The number of rotatable bonds is 7. The van der Waals surface area contributed by atoms with Crippen molar-refractivity contribution in [3.8, 4) is 5.75 Å². The zero-order valence-corrected chi connectivity index (χ0v) is 15.5. The molecule has 0 bridgehead atoms. The van der Waals surface area contributed by atoms with Crippen LogP contribution in [0.4, 0.5) is 0 Å². The summed E-state index contributed by atoms with van der Waals surface area (Å²) in [4.78, 5) is 14.8. The molecule has 0 saturated heterocycles. The quantitative estimate of drug-likeness (QED) is 0.705.